The quantitative estimate of drug-likeness (QED) is 0.830. The molecule has 0 aromatic carbocycles. The van der Waals surface area contributed by atoms with Crippen molar-refractivity contribution in [1.29, 1.82) is 0 Å². The number of nitrogens with zero attached hydrogens (tertiary/aromatic N) is 3. The molecule has 0 aliphatic carbocycles. The predicted octanol–water partition coefficient (Wildman–Crippen LogP) is 1.12. The first-order valence-electron chi connectivity index (χ1n) is 5.53. The predicted molar refractivity (Wildman–Crippen MR) is 62.4 cm³/mol. The number of H-pyrrole nitrogens is 1. The zero-order chi connectivity index (χ0) is 12.3. The van der Waals surface area contributed by atoms with E-state index >= 15 is 0 Å². The van der Waals surface area contributed by atoms with E-state index in [9.17, 15) is 4.79 Å². The van der Waals surface area contributed by atoms with Crippen molar-refractivity contribution < 1.29 is 4.79 Å². The van der Waals surface area contributed by atoms with E-state index in [1.807, 2.05) is 30.7 Å². The van der Waals surface area contributed by atoms with Crippen molar-refractivity contribution in [3.05, 3.63) is 36.2 Å². The van der Waals surface area contributed by atoms with Gasteiger partial charge in [-0.2, -0.15) is 5.10 Å². The summed E-state index contributed by atoms with van der Waals surface area (Å²) in [7, 11) is 0. The van der Waals surface area contributed by atoms with Crippen LogP contribution in [0.2, 0.25) is 0 Å². The Morgan fingerprint density at radius 3 is 3.12 bits per heavy atom. The van der Waals surface area contributed by atoms with Crippen LogP contribution in [0.3, 0.4) is 0 Å². The number of carbonyl (C=O) groups is 1. The fourth-order valence-electron chi connectivity index (χ4n) is 1.66. The molecule has 2 heterocycles. The summed E-state index contributed by atoms with van der Waals surface area (Å²) >= 11 is 0. The Labute approximate surface area is 99.1 Å². The second kappa shape index (κ2) is 4.82. The van der Waals surface area contributed by atoms with Gasteiger partial charge in [-0.1, -0.05) is 0 Å². The van der Waals surface area contributed by atoms with Gasteiger partial charge in [-0.05, 0) is 26.0 Å². The van der Waals surface area contributed by atoms with E-state index in [0.717, 1.165) is 6.54 Å². The van der Waals surface area contributed by atoms with Gasteiger partial charge in [0.05, 0.1) is 6.04 Å². The molecule has 1 atom stereocenters. The summed E-state index contributed by atoms with van der Waals surface area (Å²) in [6.07, 6.45) is 3.31. The van der Waals surface area contributed by atoms with E-state index in [1.165, 1.54) is 6.33 Å². The molecule has 0 aliphatic heterocycles. The fraction of sp³-hybridized carbons (Fsp3) is 0.364. The zero-order valence-corrected chi connectivity index (χ0v) is 9.84. The van der Waals surface area contributed by atoms with Gasteiger partial charge in [-0.15, -0.1) is 0 Å². The van der Waals surface area contributed by atoms with Crippen LogP contribution in [0.5, 0.6) is 0 Å². The van der Waals surface area contributed by atoms with Gasteiger partial charge in [0.2, 0.25) is 0 Å². The molecule has 0 aliphatic rings. The molecule has 0 saturated carbocycles. The highest BCUT2D eigenvalue weighted by Gasteiger charge is 2.15. The highest BCUT2D eigenvalue weighted by Crippen LogP contribution is 2.08. The monoisotopic (exact) mass is 233 g/mol. The van der Waals surface area contributed by atoms with Gasteiger partial charge in [0.1, 0.15) is 17.8 Å². The molecule has 6 heteroatoms. The second-order valence-corrected chi connectivity index (χ2v) is 3.75. The minimum atomic E-state index is -0.190. The van der Waals surface area contributed by atoms with E-state index in [-0.39, 0.29) is 11.9 Å². The first kappa shape index (κ1) is 11.4. The highest BCUT2D eigenvalue weighted by molar-refractivity contribution is 5.92. The number of nitrogens with one attached hydrogen (secondary N) is 2. The standard InChI is InChI=1S/C11H15N5O/c1-3-16-6-4-5-9(16)11(17)14-8(2)10-12-7-13-15-10/h4-8H,3H2,1-2H3,(H,14,17)(H,12,13,15). The number of aryl methyl sites for hydroxylation is 1. The average molecular weight is 233 g/mol. The summed E-state index contributed by atoms with van der Waals surface area (Å²) in [5, 5.41) is 9.35. The summed E-state index contributed by atoms with van der Waals surface area (Å²) in [6.45, 7) is 4.63. The number of aromatic amines is 1. The molecule has 1 amide bonds. The second-order valence-electron chi connectivity index (χ2n) is 3.75. The SMILES string of the molecule is CCn1cccc1C(=O)NC(C)c1ncn[nH]1. The van der Waals surface area contributed by atoms with E-state index in [0.29, 0.717) is 11.5 Å². The molecular weight excluding hydrogens is 218 g/mol. The molecule has 0 bridgehead atoms. The molecule has 2 N–H and O–H groups in total. The van der Waals surface area contributed by atoms with Crippen molar-refractivity contribution in [2.75, 3.05) is 0 Å². The lowest BCUT2D eigenvalue weighted by molar-refractivity contribution is 0.0929. The van der Waals surface area contributed by atoms with Gasteiger partial charge in [0.15, 0.2) is 0 Å². The van der Waals surface area contributed by atoms with Crippen LogP contribution in [0, 0.1) is 0 Å². The van der Waals surface area contributed by atoms with Gasteiger partial charge in [-0.25, -0.2) is 4.98 Å². The Morgan fingerprint density at radius 1 is 1.65 bits per heavy atom. The fourth-order valence-corrected chi connectivity index (χ4v) is 1.66. The summed E-state index contributed by atoms with van der Waals surface area (Å²) in [4.78, 5) is 16.0. The molecule has 90 valence electrons. The Balaban J connectivity index is 2.07. The Kier molecular flexibility index (Phi) is 3.22. The third-order valence-electron chi connectivity index (χ3n) is 2.59. The number of carbonyl (C=O) groups excluding carboxylic acids is 1. The molecule has 2 rings (SSSR count). The largest absolute Gasteiger partial charge is 0.344 e. The molecule has 1 unspecified atom stereocenters. The maximum atomic E-state index is 12.0. The van der Waals surface area contributed by atoms with Gasteiger partial charge >= 0.3 is 0 Å². The summed E-state index contributed by atoms with van der Waals surface area (Å²) in [6, 6.07) is 3.47. The van der Waals surface area contributed by atoms with Crippen molar-refractivity contribution in [2.24, 2.45) is 0 Å². The summed E-state index contributed by atoms with van der Waals surface area (Å²) in [5.74, 6) is 0.536. The zero-order valence-electron chi connectivity index (χ0n) is 9.84. The normalized spacial score (nSPS) is 12.4. The summed E-state index contributed by atoms with van der Waals surface area (Å²) < 4.78 is 1.89. The highest BCUT2D eigenvalue weighted by atomic mass is 16.2. The molecule has 0 fully saturated rings. The van der Waals surface area contributed by atoms with Crippen molar-refractivity contribution in [2.45, 2.75) is 26.4 Å². The molecule has 2 aromatic rings. The van der Waals surface area contributed by atoms with Crippen LogP contribution in [-0.4, -0.2) is 25.7 Å². The van der Waals surface area contributed by atoms with Crippen LogP contribution < -0.4 is 5.32 Å². The van der Waals surface area contributed by atoms with Crippen molar-refractivity contribution >= 4 is 5.91 Å². The maximum absolute atomic E-state index is 12.0. The minimum Gasteiger partial charge on any atom is -0.344 e. The van der Waals surface area contributed by atoms with Gasteiger partial charge < -0.3 is 9.88 Å². The topological polar surface area (TPSA) is 75.6 Å². The van der Waals surface area contributed by atoms with Crippen LogP contribution >= 0.6 is 0 Å². The van der Waals surface area contributed by atoms with Gasteiger partial charge in [0.25, 0.3) is 5.91 Å². The number of hydrogen-bond acceptors (Lipinski definition) is 3. The van der Waals surface area contributed by atoms with E-state index in [2.05, 4.69) is 20.5 Å². The average Bonchev–Trinajstić information content (AvgIpc) is 2.99. The lowest BCUT2D eigenvalue weighted by Gasteiger charge is -2.12. The molecular formula is C11H15N5O. The van der Waals surface area contributed by atoms with Gasteiger partial charge in [-0.3, -0.25) is 9.89 Å². The van der Waals surface area contributed by atoms with Crippen LogP contribution in [0.15, 0.2) is 24.7 Å². The minimum absolute atomic E-state index is 0.110. The molecule has 6 nitrogen and oxygen atoms in total. The molecule has 0 spiro atoms. The first-order valence-corrected chi connectivity index (χ1v) is 5.53. The Hall–Kier alpha value is -2.11. The summed E-state index contributed by atoms with van der Waals surface area (Å²) in [5.41, 5.74) is 0.652. The Morgan fingerprint density at radius 2 is 2.47 bits per heavy atom. The molecule has 0 saturated heterocycles. The van der Waals surface area contributed by atoms with Crippen LogP contribution in [0.4, 0.5) is 0 Å². The molecule has 17 heavy (non-hydrogen) atoms. The van der Waals surface area contributed by atoms with Gasteiger partial charge in [0, 0.05) is 12.7 Å². The lowest BCUT2D eigenvalue weighted by atomic mass is 10.3. The number of amides is 1. The smallest absolute Gasteiger partial charge is 0.268 e. The van der Waals surface area contributed by atoms with Crippen LogP contribution in [-0.2, 0) is 6.54 Å². The number of rotatable bonds is 4. The van der Waals surface area contributed by atoms with E-state index in [4.69, 9.17) is 0 Å². The first-order chi connectivity index (χ1) is 8.22. The number of hydrogen-bond donors (Lipinski definition) is 2. The number of aromatic nitrogens is 4. The van der Waals surface area contributed by atoms with E-state index < -0.39 is 0 Å². The Bertz CT molecular complexity index is 488. The third kappa shape index (κ3) is 2.35. The van der Waals surface area contributed by atoms with Crippen molar-refractivity contribution in [3.8, 4) is 0 Å². The van der Waals surface area contributed by atoms with Crippen molar-refractivity contribution in [3.63, 3.8) is 0 Å². The maximum Gasteiger partial charge on any atom is 0.268 e. The molecule has 0 radical (unpaired) electrons. The van der Waals surface area contributed by atoms with Crippen molar-refractivity contribution in [1.82, 2.24) is 25.1 Å². The van der Waals surface area contributed by atoms with E-state index in [1.54, 1.807) is 6.07 Å². The third-order valence-corrected chi connectivity index (χ3v) is 2.59. The van der Waals surface area contributed by atoms with Crippen LogP contribution in [0.1, 0.15) is 36.2 Å². The van der Waals surface area contributed by atoms with Crippen LogP contribution in [0.25, 0.3) is 0 Å². The molecule has 2 aromatic heterocycles. The lowest BCUT2D eigenvalue weighted by Crippen LogP contribution is -2.29.